The van der Waals surface area contributed by atoms with Crippen molar-refractivity contribution in [2.75, 3.05) is 5.32 Å². The van der Waals surface area contributed by atoms with E-state index in [4.69, 9.17) is 16.7 Å². The van der Waals surface area contributed by atoms with Gasteiger partial charge in [-0.2, -0.15) is 0 Å². The fourth-order valence-corrected chi connectivity index (χ4v) is 2.89. The van der Waals surface area contributed by atoms with Gasteiger partial charge in [0.05, 0.1) is 0 Å². The first-order valence-electron chi connectivity index (χ1n) is 8.20. The summed E-state index contributed by atoms with van der Waals surface area (Å²) in [5, 5.41) is 7.94. The van der Waals surface area contributed by atoms with E-state index in [1.54, 1.807) is 0 Å². The van der Waals surface area contributed by atoms with Crippen LogP contribution in [0.2, 0.25) is 0 Å². The highest BCUT2D eigenvalue weighted by molar-refractivity contribution is 7.80. The summed E-state index contributed by atoms with van der Waals surface area (Å²) < 4.78 is 5.22. The van der Waals surface area contributed by atoms with Crippen molar-refractivity contribution in [2.24, 2.45) is 0 Å². The van der Waals surface area contributed by atoms with Gasteiger partial charge in [0.15, 0.2) is 10.9 Å². The minimum Gasteiger partial charge on any atom is -0.359 e. The Balaban J connectivity index is 1.80. The lowest BCUT2D eigenvalue weighted by Gasteiger charge is -2.26. The second-order valence-electron chi connectivity index (χ2n) is 5.96. The first kappa shape index (κ1) is 17.2. The SMILES string of the molecule is Cc1noc(C)c1NC(=S)N(Cc1ccccc1)Cc1ccccc1. The summed E-state index contributed by atoms with van der Waals surface area (Å²) in [6.07, 6.45) is 0. The van der Waals surface area contributed by atoms with E-state index in [1.165, 1.54) is 11.1 Å². The summed E-state index contributed by atoms with van der Waals surface area (Å²) in [5.74, 6) is 0.735. The molecule has 0 unspecified atom stereocenters. The summed E-state index contributed by atoms with van der Waals surface area (Å²) >= 11 is 5.69. The van der Waals surface area contributed by atoms with E-state index in [0.29, 0.717) is 5.11 Å². The quantitative estimate of drug-likeness (QED) is 0.675. The van der Waals surface area contributed by atoms with Crippen molar-refractivity contribution in [3.63, 3.8) is 0 Å². The Kier molecular flexibility index (Phi) is 5.46. The number of hydrogen-bond acceptors (Lipinski definition) is 3. The molecule has 3 rings (SSSR count). The number of benzene rings is 2. The number of aryl methyl sites for hydroxylation is 2. The van der Waals surface area contributed by atoms with Crippen molar-refractivity contribution in [3.05, 3.63) is 83.2 Å². The molecule has 0 aliphatic carbocycles. The third kappa shape index (κ3) is 4.45. The lowest BCUT2D eigenvalue weighted by Crippen LogP contribution is -2.34. The maximum atomic E-state index is 5.69. The van der Waals surface area contributed by atoms with Gasteiger partial charge in [0.1, 0.15) is 11.4 Å². The molecule has 0 amide bonds. The normalized spacial score (nSPS) is 10.5. The number of nitrogens with zero attached hydrogens (tertiary/aromatic N) is 2. The van der Waals surface area contributed by atoms with Crippen molar-refractivity contribution in [3.8, 4) is 0 Å². The van der Waals surface area contributed by atoms with Crippen LogP contribution in [0, 0.1) is 13.8 Å². The predicted molar refractivity (Wildman–Crippen MR) is 104 cm³/mol. The van der Waals surface area contributed by atoms with Crippen LogP contribution < -0.4 is 5.32 Å². The number of anilines is 1. The highest BCUT2D eigenvalue weighted by Gasteiger charge is 2.16. The number of nitrogens with one attached hydrogen (secondary N) is 1. The van der Waals surface area contributed by atoms with Crippen LogP contribution in [-0.2, 0) is 13.1 Å². The van der Waals surface area contributed by atoms with E-state index in [0.717, 1.165) is 30.2 Å². The first-order valence-corrected chi connectivity index (χ1v) is 8.61. The largest absolute Gasteiger partial charge is 0.359 e. The summed E-state index contributed by atoms with van der Waals surface area (Å²) in [4.78, 5) is 2.14. The fraction of sp³-hybridized carbons (Fsp3) is 0.200. The minimum atomic E-state index is 0.655. The van der Waals surface area contributed by atoms with Gasteiger partial charge >= 0.3 is 0 Å². The van der Waals surface area contributed by atoms with Crippen LogP contribution in [0.1, 0.15) is 22.6 Å². The van der Waals surface area contributed by atoms with Gasteiger partial charge in [0.2, 0.25) is 0 Å². The molecule has 1 heterocycles. The molecule has 0 saturated carbocycles. The third-order valence-electron chi connectivity index (χ3n) is 3.99. The summed E-state index contributed by atoms with van der Waals surface area (Å²) in [6.45, 7) is 5.24. The van der Waals surface area contributed by atoms with Gasteiger partial charge in [-0.15, -0.1) is 0 Å². The average molecular weight is 351 g/mol. The zero-order chi connectivity index (χ0) is 17.6. The van der Waals surface area contributed by atoms with Gasteiger partial charge in [-0.05, 0) is 37.2 Å². The molecule has 1 aromatic heterocycles. The Morgan fingerprint density at radius 1 is 0.960 bits per heavy atom. The smallest absolute Gasteiger partial charge is 0.174 e. The van der Waals surface area contributed by atoms with Gasteiger partial charge < -0.3 is 14.7 Å². The molecule has 3 aromatic rings. The average Bonchev–Trinajstić information content (AvgIpc) is 2.95. The Labute approximate surface area is 153 Å². The first-order chi connectivity index (χ1) is 12.1. The van der Waals surface area contributed by atoms with E-state index in [-0.39, 0.29) is 0 Å². The number of hydrogen-bond donors (Lipinski definition) is 1. The molecule has 0 aliphatic rings. The molecule has 5 heteroatoms. The highest BCUT2D eigenvalue weighted by Crippen LogP contribution is 2.20. The van der Waals surface area contributed by atoms with E-state index in [2.05, 4.69) is 39.6 Å². The van der Waals surface area contributed by atoms with Gasteiger partial charge in [0, 0.05) is 13.1 Å². The van der Waals surface area contributed by atoms with Crippen LogP contribution in [-0.4, -0.2) is 15.2 Å². The maximum Gasteiger partial charge on any atom is 0.174 e. The Hall–Kier alpha value is -2.66. The topological polar surface area (TPSA) is 41.3 Å². The molecular formula is C20H21N3OS. The molecule has 0 aliphatic heterocycles. The van der Waals surface area contributed by atoms with E-state index in [1.807, 2.05) is 50.2 Å². The molecule has 0 bridgehead atoms. The second kappa shape index (κ2) is 7.94. The predicted octanol–water partition coefficient (Wildman–Crippen LogP) is 4.69. The van der Waals surface area contributed by atoms with Gasteiger partial charge in [-0.25, -0.2) is 0 Å². The monoisotopic (exact) mass is 351 g/mol. The molecule has 128 valence electrons. The van der Waals surface area contributed by atoms with Gasteiger partial charge in [0.25, 0.3) is 0 Å². The molecular weight excluding hydrogens is 330 g/mol. The number of rotatable bonds is 5. The van der Waals surface area contributed by atoms with Crippen LogP contribution in [0.15, 0.2) is 65.2 Å². The zero-order valence-electron chi connectivity index (χ0n) is 14.4. The van der Waals surface area contributed by atoms with Gasteiger partial charge in [-0.3, -0.25) is 0 Å². The maximum absolute atomic E-state index is 5.69. The Bertz CT molecular complexity index is 770. The highest BCUT2D eigenvalue weighted by atomic mass is 32.1. The third-order valence-corrected chi connectivity index (χ3v) is 4.35. The van der Waals surface area contributed by atoms with Crippen LogP contribution in [0.5, 0.6) is 0 Å². The van der Waals surface area contributed by atoms with Crippen molar-refractivity contribution in [2.45, 2.75) is 26.9 Å². The standard InChI is InChI=1S/C20H21N3OS/c1-15-19(16(2)24-22-15)21-20(25)23(13-17-9-5-3-6-10-17)14-18-11-7-4-8-12-18/h3-12H,13-14H2,1-2H3,(H,21,25). The molecule has 0 saturated heterocycles. The summed E-state index contributed by atoms with van der Waals surface area (Å²) in [7, 11) is 0. The molecule has 4 nitrogen and oxygen atoms in total. The number of thiocarbonyl (C=S) groups is 1. The van der Waals surface area contributed by atoms with Crippen molar-refractivity contribution in [1.82, 2.24) is 10.1 Å². The number of aromatic nitrogens is 1. The van der Waals surface area contributed by atoms with Crippen molar-refractivity contribution < 1.29 is 4.52 Å². The summed E-state index contributed by atoms with van der Waals surface area (Å²) in [5.41, 5.74) is 4.07. The van der Waals surface area contributed by atoms with E-state index in [9.17, 15) is 0 Å². The second-order valence-corrected chi connectivity index (χ2v) is 6.34. The Morgan fingerprint density at radius 3 is 1.92 bits per heavy atom. The zero-order valence-corrected chi connectivity index (χ0v) is 15.2. The van der Waals surface area contributed by atoms with Crippen molar-refractivity contribution in [1.29, 1.82) is 0 Å². The van der Waals surface area contributed by atoms with Crippen LogP contribution in [0.4, 0.5) is 5.69 Å². The van der Waals surface area contributed by atoms with Crippen molar-refractivity contribution >= 4 is 23.0 Å². The molecule has 0 atom stereocenters. The molecule has 25 heavy (non-hydrogen) atoms. The minimum absolute atomic E-state index is 0.655. The van der Waals surface area contributed by atoms with Crippen LogP contribution >= 0.6 is 12.2 Å². The molecule has 0 radical (unpaired) electrons. The Morgan fingerprint density at radius 2 is 1.48 bits per heavy atom. The molecule has 0 spiro atoms. The van der Waals surface area contributed by atoms with Gasteiger partial charge in [-0.1, -0.05) is 65.8 Å². The van der Waals surface area contributed by atoms with E-state index < -0.39 is 0 Å². The fourth-order valence-electron chi connectivity index (χ4n) is 2.65. The molecule has 1 N–H and O–H groups in total. The summed E-state index contributed by atoms with van der Waals surface area (Å²) in [6, 6.07) is 20.6. The molecule has 2 aromatic carbocycles. The lowest BCUT2D eigenvalue weighted by atomic mass is 10.2. The van der Waals surface area contributed by atoms with E-state index >= 15 is 0 Å². The lowest BCUT2D eigenvalue weighted by molar-refractivity contribution is 0.393. The van der Waals surface area contributed by atoms with Crippen LogP contribution in [0.25, 0.3) is 0 Å². The van der Waals surface area contributed by atoms with Crippen LogP contribution in [0.3, 0.4) is 0 Å². The molecule has 0 fully saturated rings.